The number of amides is 1. The van der Waals surface area contributed by atoms with E-state index in [9.17, 15) is 13.7 Å². The summed E-state index contributed by atoms with van der Waals surface area (Å²) in [7, 11) is 0. The van der Waals surface area contributed by atoms with E-state index >= 15 is 0 Å². The summed E-state index contributed by atoms with van der Waals surface area (Å²) in [6.45, 7) is 0.143. The average molecular weight is 473 g/mol. The van der Waals surface area contributed by atoms with Gasteiger partial charge in [-0.05, 0) is 18.2 Å². The Morgan fingerprint density at radius 3 is 2.42 bits per heavy atom. The molecule has 0 unspecified atom stereocenters. The molecule has 3 aromatic heterocycles. The number of nitrogen functional groups attached to an aromatic ring is 2. The van der Waals surface area contributed by atoms with Gasteiger partial charge in [0, 0.05) is 11.8 Å². The number of nitrogens with zero attached hydrogens (tertiary/aromatic N) is 5. The van der Waals surface area contributed by atoms with Crippen LogP contribution in [0.4, 0.5) is 26.5 Å². The van der Waals surface area contributed by atoms with Crippen molar-refractivity contribution in [3.63, 3.8) is 0 Å². The summed E-state index contributed by atoms with van der Waals surface area (Å²) in [6, 6.07) is 9.85. The van der Waals surface area contributed by atoms with Crippen molar-refractivity contribution in [2.24, 2.45) is 0 Å². The highest BCUT2D eigenvalue weighted by molar-refractivity contribution is 7.89. The molecule has 0 aliphatic heterocycles. The Hall–Kier alpha value is -3.97. The van der Waals surface area contributed by atoms with Crippen LogP contribution < -0.4 is 16.8 Å². The monoisotopic (exact) mass is 472 g/mol. The first-order valence-electron chi connectivity index (χ1n) is 9.40. The molecule has 11 nitrogen and oxygen atoms in total. The van der Waals surface area contributed by atoms with Gasteiger partial charge in [-0.15, -0.1) is 0 Å². The number of halogens is 1. The largest absolute Gasteiger partial charge is 0.617 e. The molecule has 0 aliphatic carbocycles. The Labute approximate surface area is 190 Å². The zero-order valence-corrected chi connectivity index (χ0v) is 18.5. The van der Waals surface area contributed by atoms with Gasteiger partial charge in [0.05, 0.1) is 24.4 Å². The number of nitrogens with one attached hydrogen (secondary N) is 1. The van der Waals surface area contributed by atoms with Crippen molar-refractivity contribution in [1.82, 2.24) is 24.7 Å². The van der Waals surface area contributed by atoms with Crippen molar-refractivity contribution >= 4 is 45.6 Å². The summed E-state index contributed by atoms with van der Waals surface area (Å²) in [5, 5.41) is 16.0. The number of aromatic nitrogens is 5. The van der Waals surface area contributed by atoms with E-state index in [1.165, 1.54) is 10.7 Å². The van der Waals surface area contributed by atoms with Gasteiger partial charge < -0.3 is 21.1 Å². The molecule has 0 fully saturated rings. The number of rotatable bonds is 4. The van der Waals surface area contributed by atoms with Gasteiger partial charge >= 0.3 is 6.09 Å². The van der Waals surface area contributed by atoms with Crippen LogP contribution in [-0.2, 0) is 17.7 Å². The second kappa shape index (κ2) is 10.1. The predicted molar refractivity (Wildman–Crippen MR) is 125 cm³/mol. The van der Waals surface area contributed by atoms with Crippen LogP contribution in [0.5, 0.6) is 0 Å². The fourth-order valence-corrected chi connectivity index (χ4v) is 2.91. The molecule has 1 aromatic carbocycles. The molecule has 0 saturated carbocycles. The first-order chi connectivity index (χ1) is 15.7. The van der Waals surface area contributed by atoms with Crippen molar-refractivity contribution in [3.8, 4) is 11.5 Å². The third-order valence-electron chi connectivity index (χ3n) is 4.19. The molecule has 33 heavy (non-hydrogen) atoms. The SMILES string of the molecule is C[S+](C)[O-].Nc1nc(-c2nn(Cc3ccccc3F)c3ncccc23)nc(N)c1NC(=O)O. The first kappa shape index (κ1) is 23.7. The zero-order valence-electron chi connectivity index (χ0n) is 17.7. The molecule has 0 atom stereocenters. The molecule has 4 rings (SSSR count). The molecule has 1 amide bonds. The van der Waals surface area contributed by atoms with Crippen LogP contribution >= 0.6 is 0 Å². The van der Waals surface area contributed by atoms with E-state index in [2.05, 4.69) is 25.4 Å². The van der Waals surface area contributed by atoms with Gasteiger partial charge in [-0.3, -0.25) is 5.32 Å². The van der Waals surface area contributed by atoms with Crippen LogP contribution in [-0.4, -0.2) is 53.0 Å². The standard InChI is InChI=1S/C18H15FN8O2.C2H6OS/c19-11-6-2-1-4-9(11)8-27-17-10(5-3-7-22-17)12(26-27)16-24-14(20)13(15(21)25-16)23-18(28)29;1-4(2)3/h1-7,23H,8H2,(H,28,29)(H4,20,21,24,25);1-2H3. The van der Waals surface area contributed by atoms with Crippen molar-refractivity contribution in [3.05, 3.63) is 54.0 Å². The molecular weight excluding hydrogens is 451 g/mol. The second-order valence-electron chi connectivity index (χ2n) is 6.84. The Morgan fingerprint density at radius 2 is 1.82 bits per heavy atom. The van der Waals surface area contributed by atoms with Gasteiger partial charge in [0.2, 0.25) is 0 Å². The Morgan fingerprint density at radius 1 is 1.18 bits per heavy atom. The number of carboxylic acid groups (broad SMARTS) is 1. The smallest absolute Gasteiger partial charge is 0.409 e. The maximum Gasteiger partial charge on any atom is 0.409 e. The highest BCUT2D eigenvalue weighted by atomic mass is 32.2. The summed E-state index contributed by atoms with van der Waals surface area (Å²) >= 11 is -0.611. The lowest BCUT2D eigenvalue weighted by Crippen LogP contribution is -2.14. The molecule has 0 aliphatic rings. The number of anilines is 3. The Kier molecular flexibility index (Phi) is 7.25. The number of carbonyl (C=O) groups is 1. The number of hydrogen-bond donors (Lipinski definition) is 4. The minimum atomic E-state index is -1.34. The number of benzene rings is 1. The normalized spacial score (nSPS) is 10.7. The van der Waals surface area contributed by atoms with E-state index in [1.807, 2.05) is 0 Å². The number of hydrogen-bond acceptors (Lipinski definition) is 8. The van der Waals surface area contributed by atoms with Crippen molar-refractivity contribution in [2.45, 2.75) is 6.54 Å². The third kappa shape index (κ3) is 5.64. The zero-order chi connectivity index (χ0) is 24.1. The highest BCUT2D eigenvalue weighted by Crippen LogP contribution is 2.30. The van der Waals surface area contributed by atoms with Gasteiger partial charge in [-0.2, -0.15) is 5.10 Å². The summed E-state index contributed by atoms with van der Waals surface area (Å²) in [4.78, 5) is 23.5. The lowest BCUT2D eigenvalue weighted by molar-refractivity contribution is 0.209. The van der Waals surface area contributed by atoms with E-state index in [1.54, 1.807) is 49.0 Å². The van der Waals surface area contributed by atoms with Crippen LogP contribution in [0, 0.1) is 5.82 Å². The van der Waals surface area contributed by atoms with Gasteiger partial charge in [0.15, 0.2) is 23.1 Å². The van der Waals surface area contributed by atoms with Crippen LogP contribution in [0.3, 0.4) is 0 Å². The maximum atomic E-state index is 14.1. The molecule has 0 radical (unpaired) electrons. The molecular formula is C20H21FN8O3S. The summed E-state index contributed by atoms with van der Waals surface area (Å²) in [5.41, 5.74) is 12.9. The topological polar surface area (TPSA) is 181 Å². The van der Waals surface area contributed by atoms with E-state index in [0.717, 1.165) is 0 Å². The van der Waals surface area contributed by atoms with Gasteiger partial charge in [0.1, 0.15) is 17.2 Å². The van der Waals surface area contributed by atoms with Gasteiger partial charge in [-0.25, -0.2) is 28.8 Å². The van der Waals surface area contributed by atoms with Crippen molar-refractivity contribution in [1.29, 1.82) is 0 Å². The first-order valence-corrected chi connectivity index (χ1v) is 11.4. The molecule has 3 heterocycles. The molecule has 13 heteroatoms. The molecule has 4 aromatic rings. The van der Waals surface area contributed by atoms with Crippen LogP contribution in [0.15, 0.2) is 42.6 Å². The molecule has 172 valence electrons. The summed E-state index contributed by atoms with van der Waals surface area (Å²) < 4.78 is 25.2. The fourth-order valence-electron chi connectivity index (χ4n) is 2.91. The van der Waals surface area contributed by atoms with Crippen LogP contribution in [0.1, 0.15) is 5.56 Å². The van der Waals surface area contributed by atoms with E-state index in [-0.39, 0.29) is 35.5 Å². The summed E-state index contributed by atoms with van der Waals surface area (Å²) in [5.74, 6) is -0.546. The van der Waals surface area contributed by atoms with Crippen molar-refractivity contribution in [2.75, 3.05) is 29.3 Å². The molecule has 0 spiro atoms. The fraction of sp³-hybridized carbons (Fsp3) is 0.150. The van der Waals surface area contributed by atoms with Crippen LogP contribution in [0.2, 0.25) is 0 Å². The quantitative estimate of drug-likeness (QED) is 0.324. The minimum absolute atomic E-state index is 0.0984. The second-order valence-corrected chi connectivity index (χ2v) is 8.32. The molecule has 6 N–H and O–H groups in total. The predicted octanol–water partition coefficient (Wildman–Crippen LogP) is 2.32. The number of nitrogens with two attached hydrogens (primary N) is 2. The maximum absolute atomic E-state index is 14.1. The van der Waals surface area contributed by atoms with E-state index in [4.69, 9.17) is 16.6 Å². The number of pyridine rings is 1. The number of fused-ring (bicyclic) bond motifs is 1. The van der Waals surface area contributed by atoms with Crippen molar-refractivity contribution < 1.29 is 18.8 Å². The van der Waals surface area contributed by atoms with Crippen LogP contribution in [0.25, 0.3) is 22.6 Å². The average Bonchev–Trinajstić information content (AvgIpc) is 3.10. The molecule has 0 saturated heterocycles. The van der Waals surface area contributed by atoms with E-state index < -0.39 is 17.3 Å². The summed E-state index contributed by atoms with van der Waals surface area (Å²) in [6.07, 6.45) is 3.53. The lowest BCUT2D eigenvalue weighted by Gasteiger charge is -2.08. The van der Waals surface area contributed by atoms with Gasteiger partial charge in [0.25, 0.3) is 0 Å². The van der Waals surface area contributed by atoms with E-state index in [0.29, 0.717) is 22.3 Å². The lowest BCUT2D eigenvalue weighted by atomic mass is 10.2. The minimum Gasteiger partial charge on any atom is -0.617 e. The Bertz CT molecular complexity index is 1270. The third-order valence-corrected chi connectivity index (χ3v) is 4.19. The Balaban J connectivity index is 0.000000709. The molecule has 0 bridgehead atoms. The van der Waals surface area contributed by atoms with Gasteiger partial charge in [-0.1, -0.05) is 29.4 Å². The highest BCUT2D eigenvalue weighted by Gasteiger charge is 2.20.